The van der Waals surface area contributed by atoms with Gasteiger partial charge in [0.2, 0.25) is 0 Å². The number of ether oxygens (including phenoxy) is 2. The SMILES string of the molecule is COCC(C)OCCNc1ccccc1Br. The van der Waals surface area contributed by atoms with E-state index in [9.17, 15) is 0 Å². The molecule has 0 amide bonds. The molecule has 0 saturated carbocycles. The molecule has 4 heteroatoms. The van der Waals surface area contributed by atoms with Gasteiger partial charge in [-0.15, -0.1) is 0 Å². The zero-order valence-electron chi connectivity index (χ0n) is 9.70. The van der Waals surface area contributed by atoms with Crippen molar-refractivity contribution in [2.24, 2.45) is 0 Å². The highest BCUT2D eigenvalue weighted by Crippen LogP contribution is 2.20. The van der Waals surface area contributed by atoms with Crippen molar-refractivity contribution in [2.45, 2.75) is 13.0 Å². The van der Waals surface area contributed by atoms with Gasteiger partial charge in [-0.25, -0.2) is 0 Å². The summed E-state index contributed by atoms with van der Waals surface area (Å²) in [6.45, 7) is 4.10. The predicted octanol–water partition coefficient (Wildman–Crippen LogP) is 2.91. The molecule has 0 aliphatic heterocycles. The molecule has 0 radical (unpaired) electrons. The monoisotopic (exact) mass is 287 g/mol. The molecule has 16 heavy (non-hydrogen) atoms. The van der Waals surface area contributed by atoms with Crippen molar-refractivity contribution in [3.8, 4) is 0 Å². The molecule has 0 aromatic heterocycles. The molecule has 0 spiro atoms. The smallest absolute Gasteiger partial charge is 0.0781 e. The molecule has 1 aromatic rings. The van der Waals surface area contributed by atoms with Crippen LogP contribution in [0.4, 0.5) is 5.69 Å². The Bertz CT molecular complexity index is 307. The van der Waals surface area contributed by atoms with Gasteiger partial charge in [0, 0.05) is 23.8 Å². The number of benzene rings is 1. The minimum Gasteiger partial charge on any atom is -0.382 e. The van der Waals surface area contributed by atoms with Crippen LogP contribution in [0, 0.1) is 0 Å². The summed E-state index contributed by atoms with van der Waals surface area (Å²) in [6, 6.07) is 8.04. The summed E-state index contributed by atoms with van der Waals surface area (Å²) in [4.78, 5) is 0. The van der Waals surface area contributed by atoms with Gasteiger partial charge in [-0.2, -0.15) is 0 Å². The van der Waals surface area contributed by atoms with Gasteiger partial charge >= 0.3 is 0 Å². The van der Waals surface area contributed by atoms with Crippen molar-refractivity contribution in [3.63, 3.8) is 0 Å². The van der Waals surface area contributed by atoms with E-state index in [1.54, 1.807) is 7.11 Å². The molecule has 1 unspecified atom stereocenters. The molecule has 0 heterocycles. The Hall–Kier alpha value is -0.580. The predicted molar refractivity (Wildman–Crippen MR) is 69.9 cm³/mol. The van der Waals surface area contributed by atoms with E-state index < -0.39 is 0 Å². The van der Waals surface area contributed by atoms with Gasteiger partial charge in [-0.3, -0.25) is 0 Å². The second kappa shape index (κ2) is 7.65. The Kier molecular flexibility index (Phi) is 6.45. The Balaban J connectivity index is 2.19. The Labute approximate surface area is 105 Å². The zero-order valence-corrected chi connectivity index (χ0v) is 11.3. The van der Waals surface area contributed by atoms with Crippen molar-refractivity contribution in [3.05, 3.63) is 28.7 Å². The van der Waals surface area contributed by atoms with Crippen LogP contribution in [0.1, 0.15) is 6.92 Å². The quantitative estimate of drug-likeness (QED) is 0.783. The average molecular weight is 288 g/mol. The van der Waals surface area contributed by atoms with Crippen LogP contribution in [0.3, 0.4) is 0 Å². The Morgan fingerprint density at radius 1 is 1.38 bits per heavy atom. The third-order valence-corrected chi connectivity index (χ3v) is 2.79. The maximum absolute atomic E-state index is 5.54. The van der Waals surface area contributed by atoms with E-state index in [0.717, 1.165) is 16.7 Å². The number of hydrogen-bond donors (Lipinski definition) is 1. The van der Waals surface area contributed by atoms with Gasteiger partial charge in [0.25, 0.3) is 0 Å². The van der Waals surface area contributed by atoms with E-state index in [0.29, 0.717) is 13.2 Å². The summed E-state index contributed by atoms with van der Waals surface area (Å²) in [6.07, 6.45) is 0.144. The van der Waals surface area contributed by atoms with Crippen molar-refractivity contribution >= 4 is 21.6 Å². The fourth-order valence-electron chi connectivity index (χ4n) is 1.33. The zero-order chi connectivity index (χ0) is 11.8. The van der Waals surface area contributed by atoms with Gasteiger partial charge in [-0.05, 0) is 35.0 Å². The standard InChI is InChI=1S/C12H18BrNO2/c1-10(9-15-2)16-8-7-14-12-6-4-3-5-11(12)13/h3-6,10,14H,7-9H2,1-2H3. The third kappa shape index (κ3) is 4.96. The molecule has 3 nitrogen and oxygen atoms in total. The molecule has 0 saturated heterocycles. The van der Waals surface area contributed by atoms with Crippen molar-refractivity contribution in [2.75, 3.05) is 32.2 Å². The fraction of sp³-hybridized carbons (Fsp3) is 0.500. The van der Waals surface area contributed by atoms with Crippen molar-refractivity contribution in [1.82, 2.24) is 0 Å². The van der Waals surface area contributed by atoms with Gasteiger partial charge in [0.1, 0.15) is 0 Å². The number of rotatable bonds is 7. The summed E-state index contributed by atoms with van der Waals surface area (Å²) in [5.41, 5.74) is 1.09. The van der Waals surface area contributed by atoms with Crippen LogP contribution in [-0.2, 0) is 9.47 Å². The molecule has 0 fully saturated rings. The fourth-order valence-corrected chi connectivity index (χ4v) is 1.76. The van der Waals surface area contributed by atoms with Crippen LogP contribution in [0.15, 0.2) is 28.7 Å². The first-order valence-electron chi connectivity index (χ1n) is 5.33. The largest absolute Gasteiger partial charge is 0.382 e. The van der Waals surface area contributed by atoms with Crippen LogP contribution >= 0.6 is 15.9 Å². The van der Waals surface area contributed by atoms with Crippen molar-refractivity contribution in [1.29, 1.82) is 0 Å². The van der Waals surface area contributed by atoms with Crippen LogP contribution in [0.5, 0.6) is 0 Å². The number of nitrogens with one attached hydrogen (secondary N) is 1. The summed E-state index contributed by atoms with van der Waals surface area (Å²) in [7, 11) is 1.68. The molecular weight excluding hydrogens is 270 g/mol. The van der Waals surface area contributed by atoms with Gasteiger partial charge in [0.05, 0.1) is 19.3 Å². The van der Waals surface area contributed by atoms with E-state index in [1.807, 2.05) is 31.2 Å². The number of halogens is 1. The second-order valence-electron chi connectivity index (χ2n) is 3.54. The summed E-state index contributed by atoms with van der Waals surface area (Å²) in [5.74, 6) is 0. The van der Waals surface area contributed by atoms with Crippen LogP contribution in [0.25, 0.3) is 0 Å². The molecule has 0 aliphatic carbocycles. The lowest BCUT2D eigenvalue weighted by Gasteiger charge is -2.13. The topological polar surface area (TPSA) is 30.5 Å². The lowest BCUT2D eigenvalue weighted by molar-refractivity contribution is 0.0140. The number of anilines is 1. The Morgan fingerprint density at radius 2 is 2.12 bits per heavy atom. The molecule has 1 rings (SSSR count). The minimum atomic E-state index is 0.144. The van der Waals surface area contributed by atoms with Gasteiger partial charge in [0.15, 0.2) is 0 Å². The normalized spacial score (nSPS) is 12.4. The van der Waals surface area contributed by atoms with Crippen molar-refractivity contribution < 1.29 is 9.47 Å². The lowest BCUT2D eigenvalue weighted by Crippen LogP contribution is -2.19. The van der Waals surface area contributed by atoms with E-state index in [2.05, 4.69) is 21.2 Å². The third-order valence-electron chi connectivity index (χ3n) is 2.10. The van der Waals surface area contributed by atoms with E-state index >= 15 is 0 Å². The molecule has 1 N–H and O–H groups in total. The van der Waals surface area contributed by atoms with Gasteiger partial charge < -0.3 is 14.8 Å². The average Bonchev–Trinajstić information content (AvgIpc) is 2.27. The van der Waals surface area contributed by atoms with E-state index in [-0.39, 0.29) is 6.10 Å². The highest BCUT2D eigenvalue weighted by atomic mass is 79.9. The highest BCUT2D eigenvalue weighted by molar-refractivity contribution is 9.10. The minimum absolute atomic E-state index is 0.144. The first-order chi connectivity index (χ1) is 7.74. The molecule has 1 aromatic carbocycles. The van der Waals surface area contributed by atoms with Crippen LogP contribution in [0.2, 0.25) is 0 Å². The first-order valence-corrected chi connectivity index (χ1v) is 6.12. The lowest BCUT2D eigenvalue weighted by atomic mass is 10.3. The molecule has 0 aliphatic rings. The Morgan fingerprint density at radius 3 is 2.81 bits per heavy atom. The molecular formula is C12H18BrNO2. The number of hydrogen-bond acceptors (Lipinski definition) is 3. The van der Waals surface area contributed by atoms with E-state index in [4.69, 9.17) is 9.47 Å². The van der Waals surface area contributed by atoms with Crippen LogP contribution < -0.4 is 5.32 Å². The second-order valence-corrected chi connectivity index (χ2v) is 4.40. The number of para-hydroxylation sites is 1. The molecule has 90 valence electrons. The maximum Gasteiger partial charge on any atom is 0.0781 e. The van der Waals surface area contributed by atoms with Gasteiger partial charge in [-0.1, -0.05) is 12.1 Å². The maximum atomic E-state index is 5.54. The van der Waals surface area contributed by atoms with Crippen LogP contribution in [-0.4, -0.2) is 33.0 Å². The highest BCUT2D eigenvalue weighted by Gasteiger charge is 2.01. The number of methoxy groups -OCH3 is 1. The van der Waals surface area contributed by atoms with E-state index in [1.165, 1.54) is 0 Å². The summed E-state index contributed by atoms with van der Waals surface area (Å²) >= 11 is 3.48. The first kappa shape index (κ1) is 13.5. The summed E-state index contributed by atoms with van der Waals surface area (Å²) in [5, 5.41) is 3.30. The molecule has 0 bridgehead atoms. The summed E-state index contributed by atoms with van der Waals surface area (Å²) < 4.78 is 11.6. The molecule has 1 atom stereocenters.